The molecule has 1 heterocycles. The maximum absolute atomic E-state index is 12.0. The summed E-state index contributed by atoms with van der Waals surface area (Å²) < 4.78 is 0. The average Bonchev–Trinajstić information content (AvgIpc) is 2.42. The van der Waals surface area contributed by atoms with Crippen molar-refractivity contribution >= 4 is 17.4 Å². The van der Waals surface area contributed by atoms with Gasteiger partial charge in [0.2, 0.25) is 0 Å². The van der Waals surface area contributed by atoms with Crippen molar-refractivity contribution in [1.29, 1.82) is 0 Å². The molecule has 0 bridgehead atoms. The molecule has 1 aromatic carbocycles. The van der Waals surface area contributed by atoms with Crippen molar-refractivity contribution in [1.82, 2.24) is 15.3 Å². The molecule has 0 radical (unpaired) electrons. The predicted octanol–water partition coefficient (Wildman–Crippen LogP) is 3.28. The van der Waals surface area contributed by atoms with Gasteiger partial charge in [-0.1, -0.05) is 17.7 Å². The standard InChI is InChI=1S/C17H22N4O/c1-10(2)20-17(22)14-8-15(19-9-18-14)21-16-12(4)6-11(3)7-13(16)5/h6-10H,1-5H3,(H,20,22)(H,18,19,21). The van der Waals surface area contributed by atoms with Crippen LogP contribution in [0.4, 0.5) is 11.5 Å². The highest BCUT2D eigenvalue weighted by molar-refractivity contribution is 5.93. The molecule has 2 N–H and O–H groups in total. The molecule has 0 unspecified atom stereocenters. The number of carbonyl (C=O) groups is 1. The fraction of sp³-hybridized carbons (Fsp3) is 0.353. The average molecular weight is 298 g/mol. The summed E-state index contributed by atoms with van der Waals surface area (Å²) in [6, 6.07) is 5.96. The van der Waals surface area contributed by atoms with E-state index in [1.165, 1.54) is 11.9 Å². The summed E-state index contributed by atoms with van der Waals surface area (Å²) >= 11 is 0. The van der Waals surface area contributed by atoms with Crippen LogP contribution in [0.15, 0.2) is 24.5 Å². The quantitative estimate of drug-likeness (QED) is 0.909. The van der Waals surface area contributed by atoms with Crippen LogP contribution < -0.4 is 10.6 Å². The largest absolute Gasteiger partial charge is 0.349 e. The van der Waals surface area contributed by atoms with Gasteiger partial charge in [-0.05, 0) is 45.7 Å². The first-order valence-electron chi connectivity index (χ1n) is 7.34. The molecule has 1 amide bonds. The van der Waals surface area contributed by atoms with Crippen LogP contribution in [-0.2, 0) is 0 Å². The molecule has 0 fully saturated rings. The second kappa shape index (κ2) is 6.56. The molecule has 0 atom stereocenters. The van der Waals surface area contributed by atoms with Gasteiger partial charge in [-0.3, -0.25) is 4.79 Å². The van der Waals surface area contributed by atoms with E-state index in [0.717, 1.165) is 16.8 Å². The zero-order valence-electron chi connectivity index (χ0n) is 13.7. The van der Waals surface area contributed by atoms with E-state index in [-0.39, 0.29) is 11.9 Å². The molecular weight excluding hydrogens is 276 g/mol. The maximum Gasteiger partial charge on any atom is 0.270 e. The molecule has 2 aromatic rings. The Morgan fingerprint density at radius 3 is 2.27 bits per heavy atom. The topological polar surface area (TPSA) is 66.9 Å². The van der Waals surface area contributed by atoms with Crippen LogP contribution in [0.3, 0.4) is 0 Å². The Kier molecular flexibility index (Phi) is 4.75. The lowest BCUT2D eigenvalue weighted by Crippen LogP contribution is -2.30. The van der Waals surface area contributed by atoms with Crippen molar-refractivity contribution in [3.05, 3.63) is 46.9 Å². The van der Waals surface area contributed by atoms with E-state index in [9.17, 15) is 4.79 Å². The molecular formula is C17H22N4O. The van der Waals surface area contributed by atoms with Gasteiger partial charge >= 0.3 is 0 Å². The van der Waals surface area contributed by atoms with Crippen LogP contribution in [0.1, 0.15) is 41.0 Å². The van der Waals surface area contributed by atoms with Crippen LogP contribution in [0.25, 0.3) is 0 Å². The summed E-state index contributed by atoms with van der Waals surface area (Å²) in [5.41, 5.74) is 4.88. The lowest BCUT2D eigenvalue weighted by atomic mass is 10.1. The fourth-order valence-electron chi connectivity index (χ4n) is 2.39. The number of hydrogen-bond acceptors (Lipinski definition) is 4. The molecule has 0 spiro atoms. The van der Waals surface area contributed by atoms with E-state index in [0.29, 0.717) is 11.5 Å². The van der Waals surface area contributed by atoms with Gasteiger partial charge in [0.25, 0.3) is 5.91 Å². The number of nitrogens with zero attached hydrogens (tertiary/aromatic N) is 2. The van der Waals surface area contributed by atoms with E-state index < -0.39 is 0 Å². The summed E-state index contributed by atoms with van der Waals surface area (Å²) in [7, 11) is 0. The lowest BCUT2D eigenvalue weighted by Gasteiger charge is -2.14. The first kappa shape index (κ1) is 15.9. The summed E-state index contributed by atoms with van der Waals surface area (Å²) in [5, 5.41) is 6.11. The molecule has 0 saturated carbocycles. The highest BCUT2D eigenvalue weighted by Crippen LogP contribution is 2.25. The molecule has 5 heteroatoms. The summed E-state index contributed by atoms with van der Waals surface area (Å²) in [4.78, 5) is 20.2. The van der Waals surface area contributed by atoms with Crippen LogP contribution >= 0.6 is 0 Å². The Hall–Kier alpha value is -2.43. The van der Waals surface area contributed by atoms with Crippen molar-refractivity contribution in [2.75, 3.05) is 5.32 Å². The Labute approximate surface area is 131 Å². The zero-order valence-corrected chi connectivity index (χ0v) is 13.7. The van der Waals surface area contributed by atoms with E-state index in [4.69, 9.17) is 0 Å². The maximum atomic E-state index is 12.0. The van der Waals surface area contributed by atoms with Crippen LogP contribution in [-0.4, -0.2) is 21.9 Å². The Morgan fingerprint density at radius 1 is 1.05 bits per heavy atom. The Bertz CT molecular complexity index is 672. The van der Waals surface area contributed by atoms with Gasteiger partial charge in [0.05, 0.1) is 0 Å². The molecule has 0 aliphatic rings. The molecule has 0 aliphatic heterocycles. The second-order valence-corrected chi connectivity index (χ2v) is 5.82. The molecule has 0 aliphatic carbocycles. The van der Waals surface area contributed by atoms with Gasteiger partial charge in [0, 0.05) is 17.8 Å². The summed E-state index contributed by atoms with van der Waals surface area (Å²) in [6.45, 7) is 10.0. The number of rotatable bonds is 4. The molecule has 0 saturated heterocycles. The number of carbonyl (C=O) groups excluding carboxylic acids is 1. The van der Waals surface area contributed by atoms with Gasteiger partial charge in [-0.2, -0.15) is 0 Å². The van der Waals surface area contributed by atoms with Crippen LogP contribution in [0.2, 0.25) is 0 Å². The van der Waals surface area contributed by atoms with Gasteiger partial charge in [-0.25, -0.2) is 9.97 Å². The van der Waals surface area contributed by atoms with Crippen LogP contribution in [0.5, 0.6) is 0 Å². The van der Waals surface area contributed by atoms with Crippen molar-refractivity contribution < 1.29 is 4.79 Å². The van der Waals surface area contributed by atoms with Gasteiger partial charge in [0.15, 0.2) is 0 Å². The van der Waals surface area contributed by atoms with E-state index in [2.05, 4.69) is 53.5 Å². The smallest absolute Gasteiger partial charge is 0.270 e. The number of aryl methyl sites for hydroxylation is 3. The molecule has 5 nitrogen and oxygen atoms in total. The third kappa shape index (κ3) is 3.81. The number of aromatic nitrogens is 2. The number of nitrogens with one attached hydrogen (secondary N) is 2. The minimum absolute atomic E-state index is 0.0699. The van der Waals surface area contributed by atoms with Crippen molar-refractivity contribution in [3.8, 4) is 0 Å². The zero-order chi connectivity index (χ0) is 16.3. The first-order chi connectivity index (χ1) is 10.4. The molecule has 1 aromatic heterocycles. The van der Waals surface area contributed by atoms with Crippen molar-refractivity contribution in [3.63, 3.8) is 0 Å². The second-order valence-electron chi connectivity index (χ2n) is 5.82. The third-order valence-electron chi connectivity index (χ3n) is 3.25. The van der Waals surface area contributed by atoms with E-state index >= 15 is 0 Å². The summed E-state index contributed by atoms with van der Waals surface area (Å²) in [5.74, 6) is 0.414. The SMILES string of the molecule is Cc1cc(C)c(Nc2cc(C(=O)NC(C)C)ncn2)c(C)c1. The Morgan fingerprint density at radius 2 is 1.68 bits per heavy atom. The van der Waals surface area contributed by atoms with E-state index in [1.54, 1.807) is 6.07 Å². The van der Waals surface area contributed by atoms with Crippen LogP contribution in [0, 0.1) is 20.8 Å². The number of amides is 1. The Balaban J connectivity index is 2.26. The summed E-state index contributed by atoms with van der Waals surface area (Å²) in [6.07, 6.45) is 1.40. The van der Waals surface area contributed by atoms with Crippen molar-refractivity contribution in [2.45, 2.75) is 40.7 Å². The van der Waals surface area contributed by atoms with Crippen molar-refractivity contribution in [2.24, 2.45) is 0 Å². The van der Waals surface area contributed by atoms with Gasteiger partial charge in [0.1, 0.15) is 17.8 Å². The first-order valence-corrected chi connectivity index (χ1v) is 7.34. The molecule has 2 rings (SSSR count). The molecule has 116 valence electrons. The normalized spacial score (nSPS) is 10.6. The van der Waals surface area contributed by atoms with Gasteiger partial charge < -0.3 is 10.6 Å². The minimum Gasteiger partial charge on any atom is -0.349 e. The minimum atomic E-state index is -0.196. The number of benzene rings is 1. The predicted molar refractivity (Wildman–Crippen MR) is 88.6 cm³/mol. The highest BCUT2D eigenvalue weighted by atomic mass is 16.1. The third-order valence-corrected chi connectivity index (χ3v) is 3.25. The highest BCUT2D eigenvalue weighted by Gasteiger charge is 2.11. The molecule has 22 heavy (non-hydrogen) atoms. The van der Waals surface area contributed by atoms with E-state index in [1.807, 2.05) is 13.8 Å². The fourth-order valence-corrected chi connectivity index (χ4v) is 2.39. The number of anilines is 2. The van der Waals surface area contributed by atoms with Gasteiger partial charge in [-0.15, -0.1) is 0 Å². The number of hydrogen-bond donors (Lipinski definition) is 2. The lowest BCUT2D eigenvalue weighted by molar-refractivity contribution is 0.0938. The monoisotopic (exact) mass is 298 g/mol.